The number of rotatable bonds is 5. The number of fused-ring (bicyclic) bond motifs is 8. The number of benzene rings is 9. The maximum absolute atomic E-state index is 6.59. The van der Waals surface area contributed by atoms with Gasteiger partial charge in [-0.3, -0.25) is 0 Å². The Kier molecular flexibility index (Phi) is 7.14. The first-order chi connectivity index (χ1) is 27.2. The second-order valence-corrected chi connectivity index (χ2v) is 14.0. The van der Waals surface area contributed by atoms with Crippen molar-refractivity contribution in [3.63, 3.8) is 0 Å². The molecular weight excluding hydrogens is 671 g/mol. The molecule has 2 heterocycles. The van der Waals surface area contributed by atoms with E-state index in [2.05, 4.69) is 140 Å². The van der Waals surface area contributed by atoms with Crippen molar-refractivity contribution in [2.75, 3.05) is 0 Å². The summed E-state index contributed by atoms with van der Waals surface area (Å²) in [6, 6.07) is 65.7. The van der Waals surface area contributed by atoms with Crippen molar-refractivity contribution in [1.29, 1.82) is 0 Å². The summed E-state index contributed by atoms with van der Waals surface area (Å²) in [7, 11) is 0. The number of hydrogen-bond donors (Lipinski definition) is 0. The summed E-state index contributed by atoms with van der Waals surface area (Å²) >= 11 is 0. The average Bonchev–Trinajstić information content (AvgIpc) is 3.65. The molecule has 0 atom stereocenters. The van der Waals surface area contributed by atoms with Gasteiger partial charge in [-0.15, -0.1) is 0 Å². The highest BCUT2D eigenvalue weighted by atomic mass is 16.3. The Balaban J connectivity index is 1.07. The standard InChI is InChI=1S/C51H31N3O/c1-3-12-32(13-4-1)38-17-9-10-19-40(38)36-24-29-44-47(31-36)55-46-21-11-20-45(48(44)46)51-53-49(34-15-5-2-6-16-34)52-50(54-51)37-25-26-41-35(30-37)23-28-42-39-18-8-7-14-33(39)22-27-43(41)42/h1-31H. The normalized spacial score (nSPS) is 11.6. The van der Waals surface area contributed by atoms with Gasteiger partial charge in [-0.1, -0.05) is 164 Å². The van der Waals surface area contributed by atoms with Gasteiger partial charge in [0.15, 0.2) is 17.5 Å². The highest BCUT2D eigenvalue weighted by molar-refractivity contribution is 6.17. The van der Waals surface area contributed by atoms with Crippen LogP contribution in [-0.4, -0.2) is 15.0 Å². The number of nitrogens with zero attached hydrogens (tertiary/aromatic N) is 3. The molecule has 9 aromatic carbocycles. The van der Waals surface area contributed by atoms with Gasteiger partial charge in [-0.25, -0.2) is 15.0 Å². The molecule has 0 bridgehead atoms. The van der Waals surface area contributed by atoms with Gasteiger partial charge in [0.05, 0.1) is 0 Å². The Morgan fingerprint density at radius 3 is 1.65 bits per heavy atom. The van der Waals surface area contributed by atoms with Gasteiger partial charge in [-0.2, -0.15) is 0 Å². The van der Waals surface area contributed by atoms with Gasteiger partial charge in [-0.05, 0) is 78.8 Å². The minimum Gasteiger partial charge on any atom is -0.456 e. The lowest BCUT2D eigenvalue weighted by Crippen LogP contribution is -2.00. The van der Waals surface area contributed by atoms with Gasteiger partial charge in [0.25, 0.3) is 0 Å². The molecule has 55 heavy (non-hydrogen) atoms. The van der Waals surface area contributed by atoms with E-state index < -0.39 is 0 Å². The molecule has 0 amide bonds. The zero-order valence-corrected chi connectivity index (χ0v) is 29.6. The van der Waals surface area contributed by atoms with E-state index in [0.717, 1.165) is 55.1 Å². The number of aromatic nitrogens is 3. The predicted molar refractivity (Wildman–Crippen MR) is 227 cm³/mol. The fraction of sp³-hybridized carbons (Fsp3) is 0. The second kappa shape index (κ2) is 12.6. The van der Waals surface area contributed by atoms with E-state index in [4.69, 9.17) is 19.4 Å². The van der Waals surface area contributed by atoms with Crippen LogP contribution in [0.15, 0.2) is 192 Å². The highest BCUT2D eigenvalue weighted by Crippen LogP contribution is 2.40. The lowest BCUT2D eigenvalue weighted by molar-refractivity contribution is 0.669. The quantitative estimate of drug-likeness (QED) is 0.168. The molecule has 256 valence electrons. The van der Waals surface area contributed by atoms with Crippen molar-refractivity contribution in [2.45, 2.75) is 0 Å². The Morgan fingerprint density at radius 2 is 0.855 bits per heavy atom. The van der Waals surface area contributed by atoms with Gasteiger partial charge >= 0.3 is 0 Å². The van der Waals surface area contributed by atoms with E-state index in [1.165, 1.54) is 38.1 Å². The molecule has 11 aromatic rings. The summed E-state index contributed by atoms with van der Waals surface area (Å²) < 4.78 is 6.59. The van der Waals surface area contributed by atoms with Gasteiger partial charge in [0.2, 0.25) is 0 Å². The molecule has 4 heteroatoms. The molecule has 0 aliphatic heterocycles. The van der Waals surface area contributed by atoms with Crippen molar-refractivity contribution in [1.82, 2.24) is 15.0 Å². The maximum Gasteiger partial charge on any atom is 0.164 e. The van der Waals surface area contributed by atoms with Crippen molar-refractivity contribution < 1.29 is 4.42 Å². The molecular formula is C51H31N3O. The topological polar surface area (TPSA) is 51.8 Å². The predicted octanol–water partition coefficient (Wildman–Crippen LogP) is 13.6. The summed E-state index contributed by atoms with van der Waals surface area (Å²) in [4.78, 5) is 15.4. The Hall–Kier alpha value is -7.43. The lowest BCUT2D eigenvalue weighted by Gasteiger charge is -2.11. The third-order valence-electron chi connectivity index (χ3n) is 10.7. The lowest BCUT2D eigenvalue weighted by atomic mass is 9.94. The zero-order chi connectivity index (χ0) is 36.3. The molecule has 0 radical (unpaired) electrons. The van der Waals surface area contributed by atoms with E-state index in [9.17, 15) is 0 Å². The van der Waals surface area contributed by atoms with E-state index in [1.54, 1.807) is 0 Å². The fourth-order valence-electron chi connectivity index (χ4n) is 8.09. The molecule has 11 rings (SSSR count). The fourth-order valence-corrected chi connectivity index (χ4v) is 8.09. The summed E-state index contributed by atoms with van der Waals surface area (Å²) in [5, 5.41) is 9.31. The van der Waals surface area contributed by atoms with Gasteiger partial charge < -0.3 is 4.42 Å². The molecule has 0 aliphatic rings. The smallest absolute Gasteiger partial charge is 0.164 e. The zero-order valence-electron chi connectivity index (χ0n) is 29.6. The molecule has 0 saturated carbocycles. The minimum atomic E-state index is 0.598. The van der Waals surface area contributed by atoms with Crippen LogP contribution >= 0.6 is 0 Å². The summed E-state index contributed by atoms with van der Waals surface area (Å²) in [5.41, 5.74) is 8.97. The largest absolute Gasteiger partial charge is 0.456 e. The summed E-state index contributed by atoms with van der Waals surface area (Å²) in [6.45, 7) is 0. The van der Waals surface area contributed by atoms with Crippen LogP contribution in [0.5, 0.6) is 0 Å². The van der Waals surface area contributed by atoms with Crippen LogP contribution in [0.2, 0.25) is 0 Å². The van der Waals surface area contributed by atoms with Gasteiger partial charge in [0.1, 0.15) is 11.2 Å². The van der Waals surface area contributed by atoms with E-state index in [-0.39, 0.29) is 0 Å². The third kappa shape index (κ3) is 5.26. The van der Waals surface area contributed by atoms with Crippen LogP contribution in [0.4, 0.5) is 0 Å². The highest BCUT2D eigenvalue weighted by Gasteiger charge is 2.19. The van der Waals surface area contributed by atoms with Crippen LogP contribution in [0.3, 0.4) is 0 Å². The van der Waals surface area contributed by atoms with E-state index >= 15 is 0 Å². The Morgan fingerprint density at radius 1 is 0.291 bits per heavy atom. The van der Waals surface area contributed by atoms with Crippen LogP contribution in [-0.2, 0) is 0 Å². The Labute approximate surface area is 317 Å². The van der Waals surface area contributed by atoms with E-state index in [1.807, 2.05) is 48.5 Å². The first kappa shape index (κ1) is 31.1. The van der Waals surface area contributed by atoms with Crippen molar-refractivity contribution in [3.8, 4) is 56.4 Å². The molecule has 0 saturated heterocycles. The Bertz CT molecular complexity index is 3260. The summed E-state index contributed by atoms with van der Waals surface area (Å²) in [5.74, 6) is 1.84. The molecule has 0 aliphatic carbocycles. The van der Waals surface area contributed by atoms with Crippen LogP contribution in [0.1, 0.15) is 0 Å². The van der Waals surface area contributed by atoms with Crippen LogP contribution < -0.4 is 0 Å². The third-order valence-corrected chi connectivity index (χ3v) is 10.7. The molecule has 0 fully saturated rings. The SMILES string of the molecule is c1ccc(-c2nc(-c3ccc4c(ccc5c6ccccc6ccc45)c3)nc(-c3cccc4oc5cc(-c6ccccc6-c6ccccc6)ccc5c34)n2)cc1. The first-order valence-electron chi connectivity index (χ1n) is 18.5. The second-order valence-electron chi connectivity index (χ2n) is 14.0. The molecule has 0 N–H and O–H groups in total. The van der Waals surface area contributed by atoms with Crippen LogP contribution in [0.25, 0.3) is 111 Å². The minimum absolute atomic E-state index is 0.598. The van der Waals surface area contributed by atoms with E-state index in [0.29, 0.717) is 17.5 Å². The monoisotopic (exact) mass is 701 g/mol. The molecule has 2 aromatic heterocycles. The number of hydrogen-bond acceptors (Lipinski definition) is 4. The maximum atomic E-state index is 6.59. The van der Waals surface area contributed by atoms with Crippen molar-refractivity contribution in [2.24, 2.45) is 0 Å². The summed E-state index contributed by atoms with van der Waals surface area (Å²) in [6.07, 6.45) is 0. The van der Waals surface area contributed by atoms with Crippen molar-refractivity contribution >= 4 is 54.3 Å². The molecule has 0 unspecified atom stereocenters. The molecule has 4 nitrogen and oxygen atoms in total. The average molecular weight is 702 g/mol. The van der Waals surface area contributed by atoms with Crippen molar-refractivity contribution in [3.05, 3.63) is 188 Å². The van der Waals surface area contributed by atoms with Gasteiger partial charge in [0, 0.05) is 27.5 Å². The van der Waals surface area contributed by atoms with Crippen LogP contribution in [0, 0.1) is 0 Å². The number of furan rings is 1. The molecule has 0 spiro atoms. The first-order valence-corrected chi connectivity index (χ1v) is 18.5.